The Labute approximate surface area is 122 Å². The minimum Gasteiger partial charge on any atom is -0.490 e. The van der Waals surface area contributed by atoms with Crippen molar-refractivity contribution in [2.24, 2.45) is 7.05 Å². The van der Waals surface area contributed by atoms with Gasteiger partial charge in [0.1, 0.15) is 0 Å². The fraction of sp³-hybridized carbons (Fsp3) is 0.267. The molecule has 0 aliphatic rings. The van der Waals surface area contributed by atoms with Crippen molar-refractivity contribution >= 4 is 11.6 Å². The van der Waals surface area contributed by atoms with E-state index in [4.69, 9.17) is 16.3 Å². The Morgan fingerprint density at radius 2 is 2.30 bits per heavy atom. The topological polar surface area (TPSA) is 27.1 Å². The van der Waals surface area contributed by atoms with Crippen LogP contribution in [0.15, 0.2) is 30.6 Å². The van der Waals surface area contributed by atoms with E-state index in [2.05, 4.69) is 16.9 Å². The van der Waals surface area contributed by atoms with Gasteiger partial charge in [0.15, 0.2) is 11.6 Å². The molecule has 0 saturated heterocycles. The Hall–Kier alpha value is -1.99. The second-order valence-corrected chi connectivity index (χ2v) is 4.47. The largest absolute Gasteiger partial charge is 0.490 e. The van der Waals surface area contributed by atoms with E-state index in [-0.39, 0.29) is 11.6 Å². The maximum Gasteiger partial charge on any atom is 0.165 e. The van der Waals surface area contributed by atoms with E-state index in [0.717, 1.165) is 5.56 Å². The van der Waals surface area contributed by atoms with Crippen molar-refractivity contribution in [2.75, 3.05) is 12.5 Å². The standard InChI is InChI=1S/C15H14ClFN2O/c1-19-11-13(10-18-19)6-8-20-15-9-12(3-2-7-16)4-5-14(15)17/h4-5,9-11H,6-8H2,1H3. The zero-order valence-electron chi connectivity index (χ0n) is 11.1. The second-order valence-electron chi connectivity index (χ2n) is 4.20. The predicted octanol–water partition coefficient (Wildman–Crippen LogP) is 2.77. The Morgan fingerprint density at radius 1 is 1.45 bits per heavy atom. The monoisotopic (exact) mass is 292 g/mol. The average molecular weight is 293 g/mol. The molecule has 20 heavy (non-hydrogen) atoms. The highest BCUT2D eigenvalue weighted by molar-refractivity contribution is 6.19. The van der Waals surface area contributed by atoms with Gasteiger partial charge in [-0.05, 0) is 23.8 Å². The van der Waals surface area contributed by atoms with E-state index < -0.39 is 5.82 Å². The van der Waals surface area contributed by atoms with Crippen LogP contribution in [0.25, 0.3) is 0 Å². The molecule has 1 aromatic carbocycles. The zero-order valence-corrected chi connectivity index (χ0v) is 11.8. The van der Waals surface area contributed by atoms with E-state index in [1.807, 2.05) is 13.2 Å². The molecule has 0 radical (unpaired) electrons. The molecule has 0 atom stereocenters. The number of aryl methyl sites for hydroxylation is 1. The van der Waals surface area contributed by atoms with Gasteiger partial charge in [0, 0.05) is 25.2 Å². The van der Waals surface area contributed by atoms with Crippen molar-refractivity contribution < 1.29 is 9.13 Å². The number of hydrogen-bond acceptors (Lipinski definition) is 2. The average Bonchev–Trinajstić information content (AvgIpc) is 2.85. The molecular weight excluding hydrogens is 279 g/mol. The number of rotatable bonds is 4. The van der Waals surface area contributed by atoms with Gasteiger partial charge in [-0.3, -0.25) is 4.68 Å². The molecule has 0 saturated carbocycles. The molecule has 2 rings (SSSR count). The van der Waals surface area contributed by atoms with Crippen LogP contribution in [0.4, 0.5) is 4.39 Å². The maximum absolute atomic E-state index is 13.6. The van der Waals surface area contributed by atoms with Gasteiger partial charge in [-0.15, -0.1) is 11.6 Å². The first-order valence-corrected chi connectivity index (χ1v) is 6.67. The van der Waals surface area contributed by atoms with Crippen LogP contribution in [0.2, 0.25) is 0 Å². The molecule has 0 fully saturated rings. The van der Waals surface area contributed by atoms with Crippen LogP contribution in [-0.4, -0.2) is 22.3 Å². The molecule has 0 N–H and O–H groups in total. The van der Waals surface area contributed by atoms with Crippen molar-refractivity contribution in [3.63, 3.8) is 0 Å². The molecule has 0 unspecified atom stereocenters. The summed E-state index contributed by atoms with van der Waals surface area (Å²) in [5, 5.41) is 4.06. The lowest BCUT2D eigenvalue weighted by atomic mass is 10.2. The summed E-state index contributed by atoms with van der Waals surface area (Å²) in [4.78, 5) is 0. The van der Waals surface area contributed by atoms with Crippen LogP contribution in [0.3, 0.4) is 0 Å². The predicted molar refractivity (Wildman–Crippen MR) is 76.4 cm³/mol. The fourth-order valence-electron chi connectivity index (χ4n) is 1.71. The normalized spacial score (nSPS) is 9.95. The number of ether oxygens (including phenoxy) is 1. The summed E-state index contributed by atoms with van der Waals surface area (Å²) in [5.74, 6) is 5.61. The molecule has 1 aromatic heterocycles. The van der Waals surface area contributed by atoms with E-state index in [0.29, 0.717) is 18.6 Å². The first-order valence-electron chi connectivity index (χ1n) is 6.14. The van der Waals surface area contributed by atoms with Gasteiger partial charge in [-0.1, -0.05) is 11.8 Å². The smallest absolute Gasteiger partial charge is 0.165 e. The molecule has 5 heteroatoms. The SMILES string of the molecule is Cn1cc(CCOc2cc(C#CCCl)ccc2F)cn1. The van der Waals surface area contributed by atoms with Crippen LogP contribution >= 0.6 is 11.6 Å². The minimum atomic E-state index is -0.396. The highest BCUT2D eigenvalue weighted by Crippen LogP contribution is 2.18. The third-order valence-corrected chi connectivity index (χ3v) is 2.77. The number of halogens is 2. The van der Waals surface area contributed by atoms with Gasteiger partial charge in [0.05, 0.1) is 18.7 Å². The molecule has 0 aliphatic heterocycles. The Kier molecular flexibility index (Phi) is 5.03. The number of aromatic nitrogens is 2. The second kappa shape index (κ2) is 6.97. The Bertz CT molecular complexity index is 643. The molecule has 0 aliphatic carbocycles. The van der Waals surface area contributed by atoms with E-state index in [9.17, 15) is 4.39 Å². The number of benzene rings is 1. The maximum atomic E-state index is 13.6. The van der Waals surface area contributed by atoms with Gasteiger partial charge in [-0.25, -0.2) is 4.39 Å². The molecule has 1 heterocycles. The zero-order chi connectivity index (χ0) is 14.4. The van der Waals surface area contributed by atoms with Crippen molar-refractivity contribution in [3.05, 3.63) is 47.5 Å². The summed E-state index contributed by atoms with van der Waals surface area (Å²) in [7, 11) is 1.85. The van der Waals surface area contributed by atoms with Gasteiger partial charge < -0.3 is 4.74 Å². The van der Waals surface area contributed by atoms with Crippen molar-refractivity contribution in [3.8, 4) is 17.6 Å². The highest BCUT2D eigenvalue weighted by Gasteiger charge is 2.04. The van der Waals surface area contributed by atoms with Crippen molar-refractivity contribution in [1.29, 1.82) is 0 Å². The molecule has 104 valence electrons. The van der Waals surface area contributed by atoms with Gasteiger partial charge in [-0.2, -0.15) is 5.10 Å². The van der Waals surface area contributed by atoms with E-state index >= 15 is 0 Å². The molecule has 0 amide bonds. The summed E-state index contributed by atoms with van der Waals surface area (Å²) in [6.45, 7) is 0.384. The first kappa shape index (κ1) is 14.4. The van der Waals surface area contributed by atoms with E-state index in [1.54, 1.807) is 23.0 Å². The lowest BCUT2D eigenvalue weighted by molar-refractivity contribution is 0.305. The fourth-order valence-corrected chi connectivity index (χ4v) is 1.77. The van der Waals surface area contributed by atoms with Crippen LogP contribution in [-0.2, 0) is 13.5 Å². The summed E-state index contributed by atoms with van der Waals surface area (Å²) in [6.07, 6.45) is 4.34. The van der Waals surface area contributed by atoms with Crippen LogP contribution < -0.4 is 4.74 Å². The third kappa shape index (κ3) is 4.01. The lowest BCUT2D eigenvalue weighted by Crippen LogP contribution is -2.02. The van der Waals surface area contributed by atoms with Crippen LogP contribution in [0.1, 0.15) is 11.1 Å². The molecule has 2 aromatic rings. The lowest BCUT2D eigenvalue weighted by Gasteiger charge is -2.06. The van der Waals surface area contributed by atoms with Crippen molar-refractivity contribution in [2.45, 2.75) is 6.42 Å². The Balaban J connectivity index is 1.97. The third-order valence-electron chi connectivity index (χ3n) is 2.64. The van der Waals surface area contributed by atoms with Gasteiger partial charge >= 0.3 is 0 Å². The highest BCUT2D eigenvalue weighted by atomic mass is 35.5. The molecule has 3 nitrogen and oxygen atoms in total. The summed E-state index contributed by atoms with van der Waals surface area (Å²) in [5.41, 5.74) is 1.73. The molecular formula is C15H14ClFN2O. The summed E-state index contributed by atoms with van der Waals surface area (Å²) >= 11 is 5.49. The van der Waals surface area contributed by atoms with Gasteiger partial charge in [0.2, 0.25) is 0 Å². The number of alkyl halides is 1. The number of nitrogens with zero attached hydrogens (tertiary/aromatic N) is 2. The van der Waals surface area contributed by atoms with Crippen molar-refractivity contribution in [1.82, 2.24) is 9.78 Å². The Morgan fingerprint density at radius 3 is 3.00 bits per heavy atom. The minimum absolute atomic E-state index is 0.204. The van der Waals surface area contributed by atoms with Crippen LogP contribution in [0.5, 0.6) is 5.75 Å². The number of hydrogen-bond donors (Lipinski definition) is 0. The molecule has 0 bridgehead atoms. The summed E-state index contributed by atoms with van der Waals surface area (Å²) in [6, 6.07) is 4.53. The quantitative estimate of drug-likeness (QED) is 0.640. The van der Waals surface area contributed by atoms with Gasteiger partial charge in [0.25, 0.3) is 0 Å². The summed E-state index contributed by atoms with van der Waals surface area (Å²) < 4.78 is 20.8. The van der Waals surface area contributed by atoms with E-state index in [1.165, 1.54) is 6.07 Å². The van der Waals surface area contributed by atoms with Crippen LogP contribution in [0, 0.1) is 17.7 Å². The first-order chi connectivity index (χ1) is 9.69. The molecule has 0 spiro atoms.